The highest BCUT2D eigenvalue weighted by Crippen LogP contribution is 2.28. The van der Waals surface area contributed by atoms with Crippen molar-refractivity contribution < 1.29 is 48.6 Å². The summed E-state index contributed by atoms with van der Waals surface area (Å²) >= 11 is 11.9. The molecule has 41 heavy (non-hydrogen) atoms. The highest BCUT2D eigenvalue weighted by Gasteiger charge is 2.45. The van der Waals surface area contributed by atoms with Crippen LogP contribution in [0.3, 0.4) is 0 Å². The first-order valence-electron chi connectivity index (χ1n) is 12.6. The SMILES string of the molecule is CC(C)C(NC(=O)CCCC(=O)O)C1=NOC(C)(C(=O)NC(CC(=O)O)C(=O)COC(=O)c2c(Cl)cccc2Cl)C1. The molecule has 0 bridgehead atoms. The molecule has 0 radical (unpaired) electrons. The molecular weight excluding hydrogens is 585 g/mol. The average molecular weight is 616 g/mol. The molecule has 0 saturated heterocycles. The summed E-state index contributed by atoms with van der Waals surface area (Å²) in [6.45, 7) is 4.12. The van der Waals surface area contributed by atoms with Crippen molar-refractivity contribution in [3.8, 4) is 0 Å². The minimum absolute atomic E-state index is 0.0106. The molecule has 1 aliphatic rings. The van der Waals surface area contributed by atoms with Crippen molar-refractivity contribution >= 4 is 64.4 Å². The zero-order valence-corrected chi connectivity index (χ0v) is 24.1. The number of rotatable bonds is 15. The van der Waals surface area contributed by atoms with Crippen LogP contribution >= 0.6 is 23.2 Å². The van der Waals surface area contributed by atoms with E-state index in [1.165, 1.54) is 25.1 Å². The van der Waals surface area contributed by atoms with Gasteiger partial charge in [-0.1, -0.05) is 48.3 Å². The Balaban J connectivity index is 2.05. The van der Waals surface area contributed by atoms with Crippen LogP contribution in [0.1, 0.15) is 63.2 Å². The summed E-state index contributed by atoms with van der Waals surface area (Å²) in [5.74, 6) is -5.76. The number of nitrogens with one attached hydrogen (secondary N) is 2. The molecule has 1 aromatic rings. The number of carbonyl (C=O) groups is 6. The Labute approximate surface area is 245 Å². The first-order chi connectivity index (χ1) is 19.1. The van der Waals surface area contributed by atoms with Crippen molar-refractivity contribution in [2.75, 3.05) is 6.61 Å². The normalized spacial score (nSPS) is 17.6. The molecule has 13 nitrogen and oxygen atoms in total. The molecule has 0 fully saturated rings. The first kappa shape index (κ1) is 33.5. The largest absolute Gasteiger partial charge is 0.481 e. The molecule has 2 amide bonds. The van der Waals surface area contributed by atoms with Crippen LogP contribution in [0.5, 0.6) is 0 Å². The van der Waals surface area contributed by atoms with Crippen LogP contribution in [0.4, 0.5) is 0 Å². The van der Waals surface area contributed by atoms with E-state index < -0.39 is 66.2 Å². The number of hydrogen-bond donors (Lipinski definition) is 4. The van der Waals surface area contributed by atoms with E-state index in [0.29, 0.717) is 5.71 Å². The van der Waals surface area contributed by atoms with Gasteiger partial charge in [-0.15, -0.1) is 0 Å². The third-order valence-electron chi connectivity index (χ3n) is 6.08. The minimum Gasteiger partial charge on any atom is -0.481 e. The van der Waals surface area contributed by atoms with Gasteiger partial charge in [-0.3, -0.25) is 24.0 Å². The lowest BCUT2D eigenvalue weighted by molar-refractivity contribution is -0.146. The third-order valence-corrected chi connectivity index (χ3v) is 6.71. The van der Waals surface area contributed by atoms with Gasteiger partial charge in [0.15, 0.2) is 12.4 Å². The lowest BCUT2D eigenvalue weighted by atomic mass is 9.90. The zero-order chi connectivity index (χ0) is 30.9. The molecule has 1 aromatic carbocycles. The number of nitrogens with zero attached hydrogens (tertiary/aromatic N) is 1. The number of halogens is 2. The van der Waals surface area contributed by atoms with Crippen LogP contribution in [0.2, 0.25) is 10.0 Å². The number of hydrogen-bond acceptors (Lipinski definition) is 9. The average Bonchev–Trinajstić information content (AvgIpc) is 3.27. The number of amides is 2. The quantitative estimate of drug-likeness (QED) is 0.213. The summed E-state index contributed by atoms with van der Waals surface area (Å²) in [5.41, 5.74) is -1.49. The molecule has 0 saturated carbocycles. The van der Waals surface area contributed by atoms with E-state index in [1.54, 1.807) is 13.8 Å². The van der Waals surface area contributed by atoms with Crippen molar-refractivity contribution in [2.45, 2.75) is 70.6 Å². The van der Waals surface area contributed by atoms with Crippen LogP contribution < -0.4 is 10.6 Å². The number of ether oxygens (including phenoxy) is 1. The van der Waals surface area contributed by atoms with Crippen LogP contribution in [-0.2, 0) is 33.5 Å². The van der Waals surface area contributed by atoms with Gasteiger partial charge in [-0.05, 0) is 31.4 Å². The molecule has 0 aliphatic carbocycles. The fraction of sp³-hybridized carbons (Fsp3) is 0.500. The van der Waals surface area contributed by atoms with Crippen molar-refractivity contribution in [3.05, 3.63) is 33.8 Å². The topological polar surface area (TPSA) is 198 Å². The monoisotopic (exact) mass is 615 g/mol. The molecule has 224 valence electrons. The van der Waals surface area contributed by atoms with E-state index in [1.807, 2.05) is 0 Å². The summed E-state index contributed by atoms with van der Waals surface area (Å²) in [7, 11) is 0. The van der Waals surface area contributed by atoms with Gasteiger partial charge < -0.3 is 30.4 Å². The second-order valence-corrected chi connectivity index (χ2v) is 10.7. The van der Waals surface area contributed by atoms with Gasteiger partial charge >= 0.3 is 17.9 Å². The number of esters is 1. The van der Waals surface area contributed by atoms with Gasteiger partial charge in [0.25, 0.3) is 5.91 Å². The summed E-state index contributed by atoms with van der Waals surface area (Å²) in [4.78, 5) is 78.1. The highest BCUT2D eigenvalue weighted by atomic mass is 35.5. The smallest absolute Gasteiger partial charge is 0.341 e. The van der Waals surface area contributed by atoms with Gasteiger partial charge in [0.05, 0.1) is 33.8 Å². The van der Waals surface area contributed by atoms with Crippen LogP contribution in [0, 0.1) is 5.92 Å². The maximum atomic E-state index is 13.1. The number of carboxylic acid groups (broad SMARTS) is 2. The number of aliphatic carboxylic acids is 2. The molecule has 0 spiro atoms. The van der Waals surface area contributed by atoms with Gasteiger partial charge in [0.1, 0.15) is 6.04 Å². The number of ketones is 1. The van der Waals surface area contributed by atoms with E-state index in [0.717, 1.165) is 0 Å². The molecule has 1 aliphatic heterocycles. The summed E-state index contributed by atoms with van der Waals surface area (Å²) in [5, 5.41) is 27.1. The Kier molecular flexibility index (Phi) is 12.1. The van der Waals surface area contributed by atoms with Crippen molar-refractivity contribution in [2.24, 2.45) is 11.1 Å². The molecule has 1 heterocycles. The van der Waals surface area contributed by atoms with E-state index in [9.17, 15) is 33.9 Å². The highest BCUT2D eigenvalue weighted by molar-refractivity contribution is 6.39. The second kappa shape index (κ2) is 14.8. The van der Waals surface area contributed by atoms with Crippen molar-refractivity contribution in [3.63, 3.8) is 0 Å². The van der Waals surface area contributed by atoms with Gasteiger partial charge in [0.2, 0.25) is 11.5 Å². The third kappa shape index (κ3) is 9.71. The minimum atomic E-state index is -1.64. The Morgan fingerprint density at radius 2 is 1.68 bits per heavy atom. The zero-order valence-electron chi connectivity index (χ0n) is 22.6. The van der Waals surface area contributed by atoms with Crippen LogP contribution in [0.15, 0.2) is 23.4 Å². The van der Waals surface area contributed by atoms with E-state index >= 15 is 0 Å². The number of Topliss-reactive ketones (excluding diaryl/α,β-unsaturated/α-hetero) is 1. The molecule has 4 N–H and O–H groups in total. The van der Waals surface area contributed by atoms with E-state index in [2.05, 4.69) is 15.8 Å². The van der Waals surface area contributed by atoms with Gasteiger partial charge in [-0.25, -0.2) is 4.79 Å². The van der Waals surface area contributed by atoms with E-state index in [-0.39, 0.29) is 47.2 Å². The lowest BCUT2D eigenvalue weighted by Gasteiger charge is -2.25. The molecule has 2 rings (SSSR count). The predicted octanol–water partition coefficient (Wildman–Crippen LogP) is 2.61. The van der Waals surface area contributed by atoms with Gasteiger partial charge in [-0.2, -0.15) is 0 Å². The molecule has 3 unspecified atom stereocenters. The maximum absolute atomic E-state index is 13.1. The standard InChI is InChI=1S/C26H31Cl2N3O10/c1-13(2)23(30-19(33)8-5-9-20(34)35)17-11-26(3,41-31-17)25(39)29-16(10-21(36)37)18(32)12-40-24(38)22-14(27)6-4-7-15(22)28/h4,6-7,13,16,23H,5,8-12H2,1-3H3,(H,29,39)(H,30,33)(H,34,35)(H,36,37). The van der Waals surface area contributed by atoms with Gasteiger partial charge in [0, 0.05) is 19.3 Å². The molecule has 0 aromatic heterocycles. The van der Waals surface area contributed by atoms with Crippen LogP contribution in [0.25, 0.3) is 0 Å². The molecule has 3 atom stereocenters. The first-order valence-corrected chi connectivity index (χ1v) is 13.3. The van der Waals surface area contributed by atoms with Crippen LogP contribution in [-0.4, -0.2) is 75.7 Å². The maximum Gasteiger partial charge on any atom is 0.341 e. The number of oxime groups is 1. The molecule has 15 heteroatoms. The Morgan fingerprint density at radius 3 is 2.24 bits per heavy atom. The summed E-state index contributed by atoms with van der Waals surface area (Å²) in [6, 6.07) is 2.09. The van der Waals surface area contributed by atoms with E-state index in [4.69, 9.17) is 37.9 Å². The lowest BCUT2D eigenvalue weighted by Crippen LogP contribution is -2.53. The summed E-state index contributed by atoms with van der Waals surface area (Å²) < 4.78 is 4.97. The van der Waals surface area contributed by atoms with Crippen molar-refractivity contribution in [1.29, 1.82) is 0 Å². The Bertz CT molecular complexity index is 1220. The number of carboxylic acids is 2. The number of carbonyl (C=O) groups excluding carboxylic acids is 4. The summed E-state index contributed by atoms with van der Waals surface area (Å²) in [6.07, 6.45) is -0.932. The van der Waals surface area contributed by atoms with Crippen molar-refractivity contribution in [1.82, 2.24) is 10.6 Å². The fourth-order valence-electron chi connectivity index (χ4n) is 3.87. The fourth-order valence-corrected chi connectivity index (χ4v) is 4.42. The second-order valence-electron chi connectivity index (χ2n) is 9.88. The predicted molar refractivity (Wildman–Crippen MR) is 146 cm³/mol. The molecular formula is C26H31Cl2N3O10. The Morgan fingerprint density at radius 1 is 1.05 bits per heavy atom. The Hall–Kier alpha value is -3.71. The number of benzene rings is 1.